The van der Waals surface area contributed by atoms with E-state index < -0.39 is 12.1 Å². The number of hydrogen-bond donors (Lipinski definition) is 2. The fraction of sp³-hybridized carbons (Fsp3) is 0.500. The number of carboxylic acid groups (broad SMARTS) is 1. The van der Waals surface area contributed by atoms with Crippen LogP contribution in [0.15, 0.2) is 30.3 Å². The Kier molecular flexibility index (Phi) is 5.60. The summed E-state index contributed by atoms with van der Waals surface area (Å²) in [6, 6.07) is 9.63. The zero-order valence-corrected chi connectivity index (χ0v) is 12.0. The van der Waals surface area contributed by atoms with E-state index in [0.717, 1.165) is 31.2 Å². The van der Waals surface area contributed by atoms with Crippen LogP contribution in [0.5, 0.6) is 0 Å². The van der Waals surface area contributed by atoms with Gasteiger partial charge in [-0.25, -0.2) is 4.79 Å². The summed E-state index contributed by atoms with van der Waals surface area (Å²) in [6.07, 6.45) is 3.15. The van der Waals surface area contributed by atoms with Gasteiger partial charge in [-0.15, -0.1) is 0 Å². The Morgan fingerprint density at radius 1 is 1.14 bits per heavy atom. The zero-order valence-electron chi connectivity index (χ0n) is 12.0. The first kappa shape index (κ1) is 15.4. The lowest BCUT2D eigenvalue weighted by molar-refractivity contribution is -0.138. The third-order valence-electron chi connectivity index (χ3n) is 3.84. The number of amides is 1. The van der Waals surface area contributed by atoms with Crippen LogP contribution in [0, 0.1) is 5.92 Å². The molecule has 1 aliphatic rings. The zero-order chi connectivity index (χ0) is 15.1. The van der Waals surface area contributed by atoms with Crippen LogP contribution in [0.3, 0.4) is 0 Å². The van der Waals surface area contributed by atoms with E-state index in [-0.39, 0.29) is 25.0 Å². The Bertz CT molecular complexity index is 466. The molecule has 0 aliphatic heterocycles. The fourth-order valence-electron chi connectivity index (χ4n) is 2.69. The molecule has 1 aromatic rings. The predicted octanol–water partition coefficient (Wildman–Crippen LogP) is 2.95. The summed E-state index contributed by atoms with van der Waals surface area (Å²) in [5, 5.41) is 11.6. The minimum Gasteiger partial charge on any atom is -0.481 e. The number of benzene rings is 1. The van der Waals surface area contributed by atoms with Gasteiger partial charge >= 0.3 is 12.1 Å². The number of rotatable bonds is 5. The van der Waals surface area contributed by atoms with Gasteiger partial charge in [0.25, 0.3) is 0 Å². The van der Waals surface area contributed by atoms with Gasteiger partial charge in [0, 0.05) is 12.5 Å². The van der Waals surface area contributed by atoms with E-state index in [9.17, 15) is 9.59 Å². The molecule has 1 aliphatic carbocycles. The monoisotopic (exact) mass is 291 g/mol. The van der Waals surface area contributed by atoms with E-state index in [1.807, 2.05) is 30.3 Å². The van der Waals surface area contributed by atoms with Crippen LogP contribution in [-0.4, -0.2) is 23.2 Å². The maximum absolute atomic E-state index is 11.7. The smallest absolute Gasteiger partial charge is 0.407 e. The summed E-state index contributed by atoms with van der Waals surface area (Å²) in [5.74, 6) is -0.505. The first-order chi connectivity index (χ1) is 10.1. The molecule has 0 radical (unpaired) electrons. The SMILES string of the molecule is O=C(O)C[C@H]1CC[C@H](NC(=O)OCc2ccccc2)CC1. The van der Waals surface area contributed by atoms with Crippen LogP contribution in [0.2, 0.25) is 0 Å². The quantitative estimate of drug-likeness (QED) is 0.874. The largest absolute Gasteiger partial charge is 0.481 e. The van der Waals surface area contributed by atoms with E-state index in [1.165, 1.54) is 0 Å². The van der Waals surface area contributed by atoms with Gasteiger partial charge in [-0.1, -0.05) is 30.3 Å². The molecule has 2 N–H and O–H groups in total. The van der Waals surface area contributed by atoms with E-state index in [4.69, 9.17) is 9.84 Å². The van der Waals surface area contributed by atoms with Gasteiger partial charge in [-0.05, 0) is 37.2 Å². The van der Waals surface area contributed by atoms with E-state index in [1.54, 1.807) is 0 Å². The Hall–Kier alpha value is -2.04. The number of carbonyl (C=O) groups excluding carboxylic acids is 1. The summed E-state index contributed by atoms with van der Waals surface area (Å²) in [6.45, 7) is 0.265. The third-order valence-corrected chi connectivity index (χ3v) is 3.84. The van der Waals surface area contributed by atoms with E-state index in [2.05, 4.69) is 5.32 Å². The van der Waals surface area contributed by atoms with Gasteiger partial charge in [-0.3, -0.25) is 4.79 Å². The Morgan fingerprint density at radius 3 is 2.43 bits per heavy atom. The highest BCUT2D eigenvalue weighted by atomic mass is 16.5. The van der Waals surface area contributed by atoms with Gasteiger partial charge in [0.1, 0.15) is 6.61 Å². The molecule has 0 heterocycles. The maximum Gasteiger partial charge on any atom is 0.407 e. The van der Waals surface area contributed by atoms with Crippen LogP contribution in [-0.2, 0) is 16.1 Å². The van der Waals surface area contributed by atoms with Crippen molar-refractivity contribution in [1.29, 1.82) is 0 Å². The Morgan fingerprint density at radius 2 is 1.81 bits per heavy atom. The van der Waals surface area contributed by atoms with Crippen molar-refractivity contribution < 1.29 is 19.4 Å². The van der Waals surface area contributed by atoms with Crippen molar-refractivity contribution in [2.45, 2.75) is 44.8 Å². The number of carbonyl (C=O) groups is 2. The second-order valence-corrected chi connectivity index (χ2v) is 5.52. The van der Waals surface area contributed by atoms with Gasteiger partial charge in [0.05, 0.1) is 0 Å². The molecule has 0 unspecified atom stereocenters. The number of carboxylic acids is 1. The molecule has 0 saturated heterocycles. The van der Waals surface area contributed by atoms with Gasteiger partial charge < -0.3 is 15.2 Å². The second kappa shape index (κ2) is 7.67. The van der Waals surface area contributed by atoms with E-state index in [0.29, 0.717) is 0 Å². The van der Waals surface area contributed by atoms with Crippen molar-refractivity contribution in [3.8, 4) is 0 Å². The number of hydrogen-bond acceptors (Lipinski definition) is 3. The minimum atomic E-state index is -0.742. The first-order valence-corrected chi connectivity index (χ1v) is 7.32. The molecular formula is C16H21NO4. The minimum absolute atomic E-state index is 0.0957. The number of nitrogens with one attached hydrogen (secondary N) is 1. The van der Waals surface area contributed by atoms with Crippen LogP contribution in [0.1, 0.15) is 37.7 Å². The molecule has 2 rings (SSSR count). The molecule has 0 spiro atoms. The molecular weight excluding hydrogens is 270 g/mol. The lowest BCUT2D eigenvalue weighted by Gasteiger charge is -2.27. The average Bonchev–Trinajstić information content (AvgIpc) is 2.48. The van der Waals surface area contributed by atoms with E-state index >= 15 is 0 Å². The normalized spacial score (nSPS) is 21.5. The summed E-state index contributed by atoms with van der Waals surface area (Å²) in [4.78, 5) is 22.4. The molecule has 0 bridgehead atoms. The molecule has 1 amide bonds. The number of ether oxygens (including phenoxy) is 1. The highest BCUT2D eigenvalue weighted by molar-refractivity contribution is 5.68. The standard InChI is InChI=1S/C16H21NO4/c18-15(19)10-12-6-8-14(9-7-12)17-16(20)21-11-13-4-2-1-3-5-13/h1-5,12,14H,6-11H2,(H,17,20)(H,18,19)/t12-,14-. The second-order valence-electron chi connectivity index (χ2n) is 5.52. The van der Waals surface area contributed by atoms with Gasteiger partial charge in [-0.2, -0.15) is 0 Å². The van der Waals surface area contributed by atoms with Gasteiger partial charge in [0.15, 0.2) is 0 Å². The molecule has 0 atom stereocenters. The molecule has 1 fully saturated rings. The van der Waals surface area contributed by atoms with Gasteiger partial charge in [0.2, 0.25) is 0 Å². The lowest BCUT2D eigenvalue weighted by Crippen LogP contribution is -2.38. The predicted molar refractivity (Wildman–Crippen MR) is 77.8 cm³/mol. The highest BCUT2D eigenvalue weighted by Crippen LogP contribution is 2.26. The Labute approximate surface area is 124 Å². The summed E-state index contributed by atoms with van der Waals surface area (Å²) in [7, 11) is 0. The summed E-state index contributed by atoms with van der Waals surface area (Å²) in [5.41, 5.74) is 0.956. The van der Waals surface area contributed by atoms with Crippen molar-refractivity contribution in [2.24, 2.45) is 5.92 Å². The Balaban J connectivity index is 1.66. The van der Waals surface area contributed by atoms with Crippen LogP contribution >= 0.6 is 0 Å². The van der Waals surface area contributed by atoms with Crippen LogP contribution in [0.4, 0.5) is 4.79 Å². The highest BCUT2D eigenvalue weighted by Gasteiger charge is 2.24. The molecule has 114 valence electrons. The molecule has 1 saturated carbocycles. The third kappa shape index (κ3) is 5.45. The average molecular weight is 291 g/mol. The number of aliphatic carboxylic acids is 1. The van der Waals surface area contributed by atoms with Crippen LogP contribution in [0.25, 0.3) is 0 Å². The van der Waals surface area contributed by atoms with Crippen molar-refractivity contribution in [3.63, 3.8) is 0 Å². The fourth-order valence-corrected chi connectivity index (χ4v) is 2.69. The molecule has 21 heavy (non-hydrogen) atoms. The number of alkyl carbamates (subject to hydrolysis) is 1. The van der Waals surface area contributed by atoms with Crippen molar-refractivity contribution in [2.75, 3.05) is 0 Å². The molecule has 5 nitrogen and oxygen atoms in total. The molecule has 1 aromatic carbocycles. The topological polar surface area (TPSA) is 75.6 Å². The maximum atomic E-state index is 11.7. The summed E-state index contributed by atoms with van der Waals surface area (Å²) >= 11 is 0. The van der Waals surface area contributed by atoms with Crippen molar-refractivity contribution >= 4 is 12.1 Å². The van der Waals surface area contributed by atoms with Crippen molar-refractivity contribution in [3.05, 3.63) is 35.9 Å². The van der Waals surface area contributed by atoms with Crippen molar-refractivity contribution in [1.82, 2.24) is 5.32 Å². The summed E-state index contributed by atoms with van der Waals surface area (Å²) < 4.78 is 5.18. The molecule has 5 heteroatoms. The van der Waals surface area contributed by atoms with Crippen LogP contribution < -0.4 is 5.32 Å². The molecule has 0 aromatic heterocycles. The lowest BCUT2D eigenvalue weighted by atomic mass is 9.84. The first-order valence-electron chi connectivity index (χ1n) is 7.32.